The number of carbonyl (C=O) groups excluding carboxylic acids is 1. The summed E-state index contributed by atoms with van der Waals surface area (Å²) in [5.74, 6) is 5.00. The molecule has 0 saturated carbocycles. The Kier molecular flexibility index (Phi) is 1.73. The fourth-order valence-corrected chi connectivity index (χ4v) is 0.661. The van der Waals surface area contributed by atoms with Crippen molar-refractivity contribution < 1.29 is 4.79 Å². The van der Waals surface area contributed by atoms with Gasteiger partial charge in [-0.25, -0.2) is 5.84 Å². The van der Waals surface area contributed by atoms with Crippen LogP contribution >= 0.6 is 0 Å². The van der Waals surface area contributed by atoms with Gasteiger partial charge in [0.1, 0.15) is 0 Å². The standard InChI is InChI=1S/C6H9N3O/c1-9(7)6(10)5-2-3-8-4-5/h2-4,8H,7H2,1H3. The molecule has 3 N–H and O–H groups in total. The second kappa shape index (κ2) is 2.53. The van der Waals surface area contributed by atoms with Gasteiger partial charge < -0.3 is 4.98 Å². The largest absolute Gasteiger partial charge is 0.367 e. The number of hydrogen-bond donors (Lipinski definition) is 2. The maximum Gasteiger partial charge on any atom is 0.269 e. The zero-order valence-corrected chi connectivity index (χ0v) is 5.66. The summed E-state index contributed by atoms with van der Waals surface area (Å²) in [6, 6.07) is 1.67. The highest BCUT2D eigenvalue weighted by molar-refractivity contribution is 5.93. The first-order valence-corrected chi connectivity index (χ1v) is 2.87. The molecule has 0 radical (unpaired) electrons. The normalized spacial score (nSPS) is 9.40. The number of aromatic amines is 1. The van der Waals surface area contributed by atoms with Crippen molar-refractivity contribution in [2.24, 2.45) is 5.84 Å². The molecule has 4 nitrogen and oxygen atoms in total. The van der Waals surface area contributed by atoms with Crippen LogP contribution in [0.4, 0.5) is 0 Å². The van der Waals surface area contributed by atoms with Crippen molar-refractivity contribution in [2.45, 2.75) is 0 Å². The molecule has 0 fully saturated rings. The quantitative estimate of drug-likeness (QED) is 0.326. The number of rotatable bonds is 1. The maximum absolute atomic E-state index is 11.0. The third kappa shape index (κ3) is 1.16. The number of aromatic nitrogens is 1. The molecular formula is C6H9N3O. The van der Waals surface area contributed by atoms with Gasteiger partial charge in [0.15, 0.2) is 0 Å². The predicted octanol–water partition coefficient (Wildman–Crippen LogP) is -0.0396. The fraction of sp³-hybridized carbons (Fsp3) is 0.167. The van der Waals surface area contributed by atoms with Gasteiger partial charge in [-0.3, -0.25) is 9.80 Å². The summed E-state index contributed by atoms with van der Waals surface area (Å²) in [5, 5.41) is 1.04. The molecule has 0 aliphatic heterocycles. The number of hydrogen-bond acceptors (Lipinski definition) is 2. The van der Waals surface area contributed by atoms with Crippen molar-refractivity contribution in [1.29, 1.82) is 0 Å². The summed E-state index contributed by atoms with van der Waals surface area (Å²) in [4.78, 5) is 13.7. The lowest BCUT2D eigenvalue weighted by Crippen LogP contribution is -2.32. The average molecular weight is 139 g/mol. The number of nitrogens with one attached hydrogen (secondary N) is 1. The lowest BCUT2D eigenvalue weighted by molar-refractivity contribution is 0.0795. The number of nitrogens with two attached hydrogens (primary N) is 1. The number of nitrogens with zero attached hydrogens (tertiary/aromatic N) is 1. The minimum absolute atomic E-state index is 0.193. The van der Waals surface area contributed by atoms with Crippen LogP contribution in [-0.4, -0.2) is 22.9 Å². The molecule has 0 aliphatic carbocycles. The molecule has 4 heteroatoms. The van der Waals surface area contributed by atoms with Crippen molar-refractivity contribution in [3.63, 3.8) is 0 Å². The van der Waals surface area contributed by atoms with E-state index in [-0.39, 0.29) is 5.91 Å². The highest BCUT2D eigenvalue weighted by atomic mass is 16.2. The average Bonchev–Trinajstić information content (AvgIpc) is 2.36. The molecule has 1 rings (SSSR count). The maximum atomic E-state index is 11.0. The molecule has 1 aromatic rings. The fourth-order valence-electron chi connectivity index (χ4n) is 0.661. The first-order valence-electron chi connectivity index (χ1n) is 2.87. The molecule has 1 aromatic heterocycles. The van der Waals surface area contributed by atoms with E-state index in [1.165, 1.54) is 7.05 Å². The Morgan fingerprint density at radius 2 is 2.50 bits per heavy atom. The molecule has 0 spiro atoms. The topological polar surface area (TPSA) is 62.1 Å². The van der Waals surface area contributed by atoms with Crippen molar-refractivity contribution >= 4 is 5.91 Å². The van der Waals surface area contributed by atoms with Crippen LogP contribution in [0.15, 0.2) is 18.5 Å². The number of hydrazine groups is 1. The number of H-pyrrole nitrogens is 1. The van der Waals surface area contributed by atoms with E-state index in [0.29, 0.717) is 5.56 Å². The van der Waals surface area contributed by atoms with E-state index in [9.17, 15) is 4.79 Å². The Bertz CT molecular complexity index is 215. The molecule has 10 heavy (non-hydrogen) atoms. The number of carbonyl (C=O) groups is 1. The molecule has 54 valence electrons. The van der Waals surface area contributed by atoms with Crippen LogP contribution in [0.5, 0.6) is 0 Å². The third-order valence-corrected chi connectivity index (χ3v) is 1.17. The minimum atomic E-state index is -0.193. The van der Waals surface area contributed by atoms with Gasteiger partial charge in [0.25, 0.3) is 5.91 Å². The van der Waals surface area contributed by atoms with E-state index < -0.39 is 0 Å². The summed E-state index contributed by atoms with van der Waals surface area (Å²) in [7, 11) is 1.51. The molecule has 1 heterocycles. The minimum Gasteiger partial charge on any atom is -0.367 e. The van der Waals surface area contributed by atoms with Crippen molar-refractivity contribution in [1.82, 2.24) is 9.99 Å². The highest BCUT2D eigenvalue weighted by Crippen LogP contribution is 1.97. The number of amides is 1. The second-order valence-corrected chi connectivity index (χ2v) is 2.02. The predicted molar refractivity (Wildman–Crippen MR) is 37.1 cm³/mol. The van der Waals surface area contributed by atoms with Crippen LogP contribution in [0.2, 0.25) is 0 Å². The molecule has 0 saturated heterocycles. The Balaban J connectivity index is 2.78. The zero-order chi connectivity index (χ0) is 7.56. The van der Waals surface area contributed by atoms with Crippen molar-refractivity contribution in [3.05, 3.63) is 24.0 Å². The van der Waals surface area contributed by atoms with E-state index in [0.717, 1.165) is 5.01 Å². The van der Waals surface area contributed by atoms with E-state index in [1.54, 1.807) is 18.5 Å². The summed E-state index contributed by atoms with van der Waals surface area (Å²) in [6.07, 6.45) is 3.28. The summed E-state index contributed by atoms with van der Waals surface area (Å²) in [5.41, 5.74) is 0.574. The molecule has 0 aliphatic rings. The lowest BCUT2D eigenvalue weighted by Gasteiger charge is -2.06. The smallest absolute Gasteiger partial charge is 0.269 e. The Labute approximate surface area is 58.6 Å². The first kappa shape index (κ1) is 6.82. The lowest BCUT2D eigenvalue weighted by atomic mass is 10.3. The van der Waals surface area contributed by atoms with E-state index in [1.807, 2.05) is 0 Å². The Hall–Kier alpha value is -1.29. The Morgan fingerprint density at radius 3 is 2.90 bits per heavy atom. The van der Waals surface area contributed by atoms with Crippen LogP contribution in [0.1, 0.15) is 10.4 Å². The van der Waals surface area contributed by atoms with E-state index in [4.69, 9.17) is 5.84 Å². The summed E-state index contributed by atoms with van der Waals surface area (Å²) < 4.78 is 0. The second-order valence-electron chi connectivity index (χ2n) is 2.02. The molecule has 0 atom stereocenters. The van der Waals surface area contributed by atoms with Crippen LogP contribution in [0, 0.1) is 0 Å². The van der Waals surface area contributed by atoms with Gasteiger partial charge in [0.2, 0.25) is 0 Å². The molecule has 0 bridgehead atoms. The van der Waals surface area contributed by atoms with Crippen LogP contribution < -0.4 is 5.84 Å². The van der Waals surface area contributed by atoms with E-state index >= 15 is 0 Å². The van der Waals surface area contributed by atoms with Gasteiger partial charge in [-0.05, 0) is 6.07 Å². The monoisotopic (exact) mass is 139 g/mol. The highest BCUT2D eigenvalue weighted by Gasteiger charge is 2.06. The van der Waals surface area contributed by atoms with Crippen molar-refractivity contribution in [2.75, 3.05) is 7.05 Å². The molecule has 0 aromatic carbocycles. The first-order chi connectivity index (χ1) is 4.72. The zero-order valence-electron chi connectivity index (χ0n) is 5.66. The summed E-state index contributed by atoms with van der Waals surface area (Å²) >= 11 is 0. The summed E-state index contributed by atoms with van der Waals surface area (Å²) in [6.45, 7) is 0. The van der Waals surface area contributed by atoms with Gasteiger partial charge in [0, 0.05) is 19.4 Å². The third-order valence-electron chi connectivity index (χ3n) is 1.17. The van der Waals surface area contributed by atoms with Crippen LogP contribution in [0.25, 0.3) is 0 Å². The van der Waals surface area contributed by atoms with E-state index in [2.05, 4.69) is 4.98 Å². The van der Waals surface area contributed by atoms with Gasteiger partial charge in [-0.2, -0.15) is 0 Å². The van der Waals surface area contributed by atoms with Gasteiger partial charge in [-0.15, -0.1) is 0 Å². The van der Waals surface area contributed by atoms with Gasteiger partial charge >= 0.3 is 0 Å². The Morgan fingerprint density at radius 1 is 1.80 bits per heavy atom. The van der Waals surface area contributed by atoms with Gasteiger partial charge in [-0.1, -0.05) is 0 Å². The van der Waals surface area contributed by atoms with Crippen LogP contribution in [0.3, 0.4) is 0 Å². The molecular weight excluding hydrogens is 130 g/mol. The van der Waals surface area contributed by atoms with Crippen LogP contribution in [-0.2, 0) is 0 Å². The van der Waals surface area contributed by atoms with Crippen molar-refractivity contribution in [3.8, 4) is 0 Å². The van der Waals surface area contributed by atoms with Gasteiger partial charge in [0.05, 0.1) is 5.56 Å². The molecule has 0 unspecified atom stereocenters. The molecule has 1 amide bonds. The SMILES string of the molecule is CN(N)C(=O)c1cc[nH]c1.